The lowest BCUT2D eigenvalue weighted by Crippen LogP contribution is -2.00. The van der Waals surface area contributed by atoms with Gasteiger partial charge < -0.3 is 4.52 Å². The molecule has 0 aliphatic heterocycles. The van der Waals surface area contributed by atoms with Gasteiger partial charge in [-0.3, -0.25) is 4.52 Å². The van der Waals surface area contributed by atoms with Crippen LogP contribution in [0.15, 0.2) is 0 Å². The molecular formula is C3H7N2O3P. The van der Waals surface area contributed by atoms with Crippen molar-refractivity contribution in [3.8, 4) is 6.26 Å². The number of nitrogens with zero attached hydrogens (tertiary/aromatic N) is 1. The molecule has 9 heavy (non-hydrogen) atoms. The molecule has 0 saturated carbocycles. The van der Waals surface area contributed by atoms with Gasteiger partial charge in [0, 0.05) is 0 Å². The molecule has 0 bridgehead atoms. The molecule has 0 amide bonds. The summed E-state index contributed by atoms with van der Waals surface area (Å²) in [5, 5.41) is 7.82. The van der Waals surface area contributed by atoms with Crippen LogP contribution in [0.1, 0.15) is 6.92 Å². The number of hydrogen-bond acceptors (Lipinski definition) is 4. The van der Waals surface area contributed by atoms with Crippen LogP contribution in [0.3, 0.4) is 0 Å². The van der Waals surface area contributed by atoms with Crippen LogP contribution in [0.2, 0.25) is 0 Å². The van der Waals surface area contributed by atoms with Crippen LogP contribution in [0.5, 0.6) is 0 Å². The monoisotopic (exact) mass is 150 g/mol. The van der Waals surface area contributed by atoms with E-state index < -0.39 is 7.75 Å². The van der Waals surface area contributed by atoms with Gasteiger partial charge >= 0.3 is 7.75 Å². The molecule has 0 spiro atoms. The first kappa shape index (κ1) is 8.44. The van der Waals surface area contributed by atoms with E-state index >= 15 is 0 Å². The fourth-order valence-electron chi connectivity index (χ4n) is 0.263. The van der Waals surface area contributed by atoms with Crippen molar-refractivity contribution in [2.45, 2.75) is 6.92 Å². The molecular weight excluding hydrogens is 143 g/mol. The van der Waals surface area contributed by atoms with Crippen LogP contribution in [0.4, 0.5) is 0 Å². The number of hydrogen-bond donors (Lipinski definition) is 1. The van der Waals surface area contributed by atoms with Gasteiger partial charge in [0.1, 0.15) is 0 Å². The van der Waals surface area contributed by atoms with Crippen molar-refractivity contribution in [3.05, 3.63) is 0 Å². The molecule has 0 saturated heterocycles. The maximum absolute atomic E-state index is 10.5. The molecule has 0 aliphatic rings. The van der Waals surface area contributed by atoms with Crippen molar-refractivity contribution in [2.24, 2.45) is 5.50 Å². The minimum atomic E-state index is -3.55. The zero-order valence-electron chi connectivity index (χ0n) is 4.90. The molecule has 52 valence electrons. The Kier molecular flexibility index (Phi) is 3.25. The molecule has 0 rings (SSSR count). The van der Waals surface area contributed by atoms with Gasteiger partial charge in [-0.1, -0.05) is 0 Å². The van der Waals surface area contributed by atoms with E-state index in [1.165, 1.54) is 6.26 Å². The summed E-state index contributed by atoms with van der Waals surface area (Å²) < 4.78 is 18.8. The number of rotatable bonds is 3. The van der Waals surface area contributed by atoms with Crippen molar-refractivity contribution in [3.63, 3.8) is 0 Å². The van der Waals surface area contributed by atoms with E-state index in [-0.39, 0.29) is 6.61 Å². The van der Waals surface area contributed by atoms with E-state index in [9.17, 15) is 4.57 Å². The predicted molar refractivity (Wildman–Crippen MR) is 30.1 cm³/mol. The SMILES string of the molecule is CCOP(N)(=O)OC#N. The Labute approximate surface area is 52.9 Å². The van der Waals surface area contributed by atoms with Crippen molar-refractivity contribution in [2.75, 3.05) is 6.61 Å². The first-order valence-electron chi connectivity index (χ1n) is 2.23. The van der Waals surface area contributed by atoms with Crippen LogP contribution < -0.4 is 5.50 Å². The largest absolute Gasteiger partial charge is 0.465 e. The summed E-state index contributed by atoms with van der Waals surface area (Å²) in [6.07, 6.45) is 1.18. The van der Waals surface area contributed by atoms with Crippen LogP contribution in [-0.2, 0) is 13.6 Å². The van der Waals surface area contributed by atoms with Crippen LogP contribution >= 0.6 is 7.75 Å². The second kappa shape index (κ2) is 3.46. The third-order valence-corrected chi connectivity index (χ3v) is 1.43. The molecule has 0 aromatic carbocycles. The highest BCUT2D eigenvalue weighted by Crippen LogP contribution is 2.37. The minimum absolute atomic E-state index is 0.162. The third-order valence-electron chi connectivity index (χ3n) is 0.477. The molecule has 6 heteroatoms. The molecule has 0 radical (unpaired) electrons. The molecule has 1 unspecified atom stereocenters. The van der Waals surface area contributed by atoms with E-state index in [2.05, 4.69) is 9.05 Å². The average molecular weight is 150 g/mol. The molecule has 0 heterocycles. The topological polar surface area (TPSA) is 85.3 Å². The molecule has 0 aromatic heterocycles. The lowest BCUT2D eigenvalue weighted by molar-refractivity contribution is 0.268. The van der Waals surface area contributed by atoms with E-state index in [1.807, 2.05) is 0 Å². The minimum Gasteiger partial charge on any atom is -0.337 e. The average Bonchev–Trinajstić information content (AvgIpc) is 1.64. The summed E-state index contributed by atoms with van der Waals surface area (Å²) in [7, 11) is -3.55. The maximum atomic E-state index is 10.5. The predicted octanol–water partition coefficient (Wildman–Crippen LogP) is 0.587. The standard InChI is InChI=1S/C3H7N2O3P/c1-2-7-9(5,6)8-3-4/h2H2,1H3,(H2,5,6). The van der Waals surface area contributed by atoms with Gasteiger partial charge in [0.2, 0.25) is 0 Å². The first-order valence-corrected chi connectivity index (χ1v) is 3.84. The highest BCUT2D eigenvalue weighted by atomic mass is 31.2. The van der Waals surface area contributed by atoms with Gasteiger partial charge in [0.25, 0.3) is 6.26 Å². The molecule has 0 aromatic rings. The zero-order valence-corrected chi connectivity index (χ0v) is 5.80. The van der Waals surface area contributed by atoms with Crippen molar-refractivity contribution in [1.82, 2.24) is 0 Å². The molecule has 1 atom stereocenters. The fourth-order valence-corrected chi connectivity index (χ4v) is 0.790. The second-order valence-corrected chi connectivity index (χ2v) is 2.66. The summed E-state index contributed by atoms with van der Waals surface area (Å²) in [4.78, 5) is 0. The van der Waals surface area contributed by atoms with Crippen molar-refractivity contribution >= 4 is 7.75 Å². The van der Waals surface area contributed by atoms with Crippen molar-refractivity contribution < 1.29 is 13.6 Å². The Bertz CT molecular complexity index is 163. The summed E-state index contributed by atoms with van der Waals surface area (Å²) in [6, 6.07) is 0. The fraction of sp³-hybridized carbons (Fsp3) is 0.667. The third kappa shape index (κ3) is 3.98. The van der Waals surface area contributed by atoms with Crippen LogP contribution in [0, 0.1) is 11.5 Å². The van der Waals surface area contributed by atoms with E-state index in [0.29, 0.717) is 0 Å². The van der Waals surface area contributed by atoms with Gasteiger partial charge in [0.15, 0.2) is 0 Å². The highest BCUT2D eigenvalue weighted by Gasteiger charge is 2.16. The summed E-state index contributed by atoms with van der Waals surface area (Å²) in [5.74, 6) is 0. The lowest BCUT2D eigenvalue weighted by atomic mass is 10.9. The van der Waals surface area contributed by atoms with Gasteiger partial charge in [-0.25, -0.2) is 10.1 Å². The Morgan fingerprint density at radius 1 is 1.89 bits per heavy atom. The smallest absolute Gasteiger partial charge is 0.337 e. The maximum Gasteiger partial charge on any atom is 0.465 e. The van der Waals surface area contributed by atoms with Gasteiger partial charge in [-0.2, -0.15) is 0 Å². The summed E-state index contributed by atoms with van der Waals surface area (Å²) in [5.41, 5.74) is 4.83. The number of nitriles is 1. The zero-order chi connectivity index (χ0) is 7.33. The van der Waals surface area contributed by atoms with Crippen LogP contribution in [-0.4, -0.2) is 6.61 Å². The molecule has 2 N–H and O–H groups in total. The molecule has 0 fully saturated rings. The van der Waals surface area contributed by atoms with Crippen molar-refractivity contribution in [1.29, 1.82) is 5.26 Å². The quantitative estimate of drug-likeness (QED) is 0.470. The van der Waals surface area contributed by atoms with E-state index in [4.69, 9.17) is 10.8 Å². The highest BCUT2D eigenvalue weighted by molar-refractivity contribution is 7.51. The normalized spacial score (nSPS) is 15.7. The van der Waals surface area contributed by atoms with Gasteiger partial charge in [0.05, 0.1) is 6.61 Å². The second-order valence-electron chi connectivity index (χ2n) is 1.14. The van der Waals surface area contributed by atoms with Gasteiger partial charge in [-0.05, 0) is 6.92 Å². The van der Waals surface area contributed by atoms with E-state index in [0.717, 1.165) is 0 Å². The lowest BCUT2D eigenvalue weighted by Gasteiger charge is -2.04. The van der Waals surface area contributed by atoms with Gasteiger partial charge in [-0.15, -0.1) is 5.26 Å². The molecule has 0 aliphatic carbocycles. The number of nitrogens with two attached hydrogens (primary N) is 1. The Morgan fingerprint density at radius 3 is 2.78 bits per heavy atom. The first-order chi connectivity index (χ1) is 4.12. The summed E-state index contributed by atoms with van der Waals surface area (Å²) in [6.45, 7) is 1.76. The van der Waals surface area contributed by atoms with Crippen LogP contribution in [0.25, 0.3) is 0 Å². The summed E-state index contributed by atoms with van der Waals surface area (Å²) >= 11 is 0. The Hall–Kier alpha value is -0.560. The Balaban J connectivity index is 3.75. The Morgan fingerprint density at radius 2 is 2.44 bits per heavy atom. The van der Waals surface area contributed by atoms with E-state index in [1.54, 1.807) is 6.92 Å². The molecule has 5 nitrogen and oxygen atoms in total.